The maximum absolute atomic E-state index is 9.86. The lowest BCUT2D eigenvalue weighted by molar-refractivity contribution is 0.0333. The zero-order chi connectivity index (χ0) is 9.35. The van der Waals surface area contributed by atoms with E-state index in [-0.39, 0.29) is 0 Å². The van der Waals surface area contributed by atoms with E-state index in [1.54, 1.807) is 0 Å². The molecule has 12 heavy (non-hydrogen) atoms. The number of hydrogen-bond donors (Lipinski definition) is 1. The van der Waals surface area contributed by atoms with Crippen LogP contribution >= 0.6 is 0 Å². The van der Waals surface area contributed by atoms with Crippen molar-refractivity contribution in [3.8, 4) is 0 Å². The van der Waals surface area contributed by atoms with Gasteiger partial charge in [-0.1, -0.05) is 32.9 Å². The van der Waals surface area contributed by atoms with E-state index >= 15 is 0 Å². The standard InChI is InChI=1S/C11H20O/c1-8(2)10-5-6-11(4,12)9(3)7-10/h5-6,8-10,12H,7H2,1-4H3. The predicted octanol–water partition coefficient (Wildman–Crippen LogP) is 2.61. The van der Waals surface area contributed by atoms with Gasteiger partial charge in [0, 0.05) is 0 Å². The maximum atomic E-state index is 9.86. The quantitative estimate of drug-likeness (QED) is 0.597. The van der Waals surface area contributed by atoms with Gasteiger partial charge in [0.15, 0.2) is 0 Å². The van der Waals surface area contributed by atoms with Crippen LogP contribution in [0, 0.1) is 17.8 Å². The van der Waals surface area contributed by atoms with Crippen LogP contribution in [0.4, 0.5) is 0 Å². The second-order valence-corrected chi connectivity index (χ2v) is 4.63. The third-order valence-electron chi connectivity index (χ3n) is 3.16. The minimum atomic E-state index is -0.578. The van der Waals surface area contributed by atoms with Crippen LogP contribution in [0.15, 0.2) is 12.2 Å². The summed E-state index contributed by atoms with van der Waals surface area (Å²) in [6.45, 7) is 8.49. The van der Waals surface area contributed by atoms with Gasteiger partial charge in [0.25, 0.3) is 0 Å². The molecule has 0 heterocycles. The van der Waals surface area contributed by atoms with E-state index in [2.05, 4.69) is 26.8 Å². The van der Waals surface area contributed by atoms with Crippen LogP contribution in [0.3, 0.4) is 0 Å². The zero-order valence-electron chi connectivity index (χ0n) is 8.54. The van der Waals surface area contributed by atoms with Crippen LogP contribution in [-0.4, -0.2) is 10.7 Å². The molecule has 3 unspecified atom stereocenters. The molecule has 0 aliphatic heterocycles. The highest BCUT2D eigenvalue weighted by molar-refractivity contribution is 5.08. The molecule has 70 valence electrons. The summed E-state index contributed by atoms with van der Waals surface area (Å²) in [4.78, 5) is 0. The zero-order valence-corrected chi connectivity index (χ0v) is 8.54. The van der Waals surface area contributed by atoms with E-state index < -0.39 is 5.60 Å². The molecule has 0 amide bonds. The van der Waals surface area contributed by atoms with E-state index in [0.717, 1.165) is 6.42 Å². The average molecular weight is 168 g/mol. The van der Waals surface area contributed by atoms with Gasteiger partial charge >= 0.3 is 0 Å². The van der Waals surface area contributed by atoms with Crippen LogP contribution in [0.1, 0.15) is 34.1 Å². The Morgan fingerprint density at radius 3 is 2.50 bits per heavy atom. The highest BCUT2D eigenvalue weighted by Crippen LogP contribution is 2.34. The van der Waals surface area contributed by atoms with Gasteiger partial charge in [-0.3, -0.25) is 0 Å². The Kier molecular flexibility index (Phi) is 2.62. The lowest BCUT2D eigenvalue weighted by Crippen LogP contribution is -2.35. The van der Waals surface area contributed by atoms with Gasteiger partial charge in [-0.05, 0) is 31.1 Å². The minimum absolute atomic E-state index is 0.384. The summed E-state index contributed by atoms with van der Waals surface area (Å²) in [5, 5.41) is 9.86. The maximum Gasteiger partial charge on any atom is 0.0825 e. The lowest BCUT2D eigenvalue weighted by atomic mass is 9.74. The van der Waals surface area contributed by atoms with Crippen molar-refractivity contribution in [2.75, 3.05) is 0 Å². The molecule has 1 rings (SSSR count). The monoisotopic (exact) mass is 168 g/mol. The van der Waals surface area contributed by atoms with Crippen molar-refractivity contribution in [3.05, 3.63) is 12.2 Å². The van der Waals surface area contributed by atoms with E-state index in [9.17, 15) is 5.11 Å². The fourth-order valence-electron chi connectivity index (χ4n) is 1.70. The van der Waals surface area contributed by atoms with Crippen molar-refractivity contribution in [1.29, 1.82) is 0 Å². The van der Waals surface area contributed by atoms with Crippen LogP contribution < -0.4 is 0 Å². The highest BCUT2D eigenvalue weighted by Gasteiger charge is 2.31. The molecular formula is C11H20O. The molecule has 0 aromatic heterocycles. The lowest BCUT2D eigenvalue weighted by Gasteiger charge is -2.35. The first-order valence-electron chi connectivity index (χ1n) is 4.85. The van der Waals surface area contributed by atoms with Gasteiger partial charge in [-0.25, -0.2) is 0 Å². The molecule has 0 saturated carbocycles. The van der Waals surface area contributed by atoms with Crippen LogP contribution in [0.2, 0.25) is 0 Å². The Balaban J connectivity index is 2.70. The van der Waals surface area contributed by atoms with Crippen molar-refractivity contribution in [3.63, 3.8) is 0 Å². The Bertz CT molecular complexity index is 179. The summed E-state index contributed by atoms with van der Waals surface area (Å²) in [5.41, 5.74) is -0.578. The summed E-state index contributed by atoms with van der Waals surface area (Å²) < 4.78 is 0. The summed E-state index contributed by atoms with van der Waals surface area (Å²) >= 11 is 0. The molecule has 0 spiro atoms. The SMILES string of the molecule is CC(C)C1C=CC(C)(O)C(C)C1. The van der Waals surface area contributed by atoms with Crippen molar-refractivity contribution >= 4 is 0 Å². The Hall–Kier alpha value is -0.300. The molecule has 1 N–H and O–H groups in total. The normalized spacial score (nSPS) is 42.2. The molecule has 0 fully saturated rings. The van der Waals surface area contributed by atoms with Crippen molar-refractivity contribution in [2.45, 2.75) is 39.7 Å². The van der Waals surface area contributed by atoms with E-state index in [1.807, 2.05) is 13.0 Å². The van der Waals surface area contributed by atoms with Crippen LogP contribution in [0.25, 0.3) is 0 Å². The van der Waals surface area contributed by atoms with E-state index in [1.165, 1.54) is 0 Å². The molecule has 0 aromatic carbocycles. The largest absolute Gasteiger partial charge is 0.386 e. The van der Waals surface area contributed by atoms with Gasteiger partial charge in [-0.2, -0.15) is 0 Å². The Labute approximate surface area is 75.5 Å². The molecule has 0 radical (unpaired) electrons. The smallest absolute Gasteiger partial charge is 0.0825 e. The summed E-state index contributed by atoms with van der Waals surface area (Å²) in [5.74, 6) is 1.73. The number of allylic oxidation sites excluding steroid dienone is 1. The molecule has 3 atom stereocenters. The summed E-state index contributed by atoms with van der Waals surface area (Å²) in [6, 6.07) is 0. The first kappa shape index (κ1) is 9.79. The third-order valence-corrected chi connectivity index (χ3v) is 3.16. The van der Waals surface area contributed by atoms with Gasteiger partial charge in [0.2, 0.25) is 0 Å². The molecule has 1 heteroatoms. The van der Waals surface area contributed by atoms with Crippen LogP contribution in [-0.2, 0) is 0 Å². The molecule has 1 nitrogen and oxygen atoms in total. The minimum Gasteiger partial charge on any atom is -0.386 e. The van der Waals surface area contributed by atoms with Gasteiger partial charge < -0.3 is 5.11 Å². The first-order valence-corrected chi connectivity index (χ1v) is 4.85. The summed E-state index contributed by atoms with van der Waals surface area (Å²) in [6.07, 6.45) is 5.25. The predicted molar refractivity (Wildman–Crippen MR) is 51.9 cm³/mol. The van der Waals surface area contributed by atoms with Gasteiger partial charge in [0.1, 0.15) is 0 Å². The second kappa shape index (κ2) is 3.21. The Morgan fingerprint density at radius 2 is 2.08 bits per heavy atom. The van der Waals surface area contributed by atoms with E-state index in [4.69, 9.17) is 0 Å². The van der Waals surface area contributed by atoms with E-state index in [0.29, 0.717) is 17.8 Å². The number of aliphatic hydroxyl groups is 1. The fourth-order valence-corrected chi connectivity index (χ4v) is 1.70. The molecule has 1 aliphatic carbocycles. The molecule has 1 aliphatic rings. The average Bonchev–Trinajstić information content (AvgIpc) is 1.94. The van der Waals surface area contributed by atoms with Gasteiger partial charge in [0.05, 0.1) is 5.60 Å². The summed E-state index contributed by atoms with van der Waals surface area (Å²) in [7, 11) is 0. The number of rotatable bonds is 1. The molecule has 0 bridgehead atoms. The van der Waals surface area contributed by atoms with Crippen molar-refractivity contribution < 1.29 is 5.11 Å². The van der Waals surface area contributed by atoms with Crippen LogP contribution in [0.5, 0.6) is 0 Å². The Morgan fingerprint density at radius 1 is 1.50 bits per heavy atom. The highest BCUT2D eigenvalue weighted by atomic mass is 16.3. The molecule has 0 aromatic rings. The molecule has 0 saturated heterocycles. The fraction of sp³-hybridized carbons (Fsp3) is 0.818. The van der Waals surface area contributed by atoms with Crippen molar-refractivity contribution in [2.24, 2.45) is 17.8 Å². The third kappa shape index (κ3) is 1.89. The second-order valence-electron chi connectivity index (χ2n) is 4.63. The van der Waals surface area contributed by atoms with Crippen molar-refractivity contribution in [1.82, 2.24) is 0 Å². The molecular weight excluding hydrogens is 148 g/mol. The number of hydrogen-bond acceptors (Lipinski definition) is 1. The topological polar surface area (TPSA) is 20.2 Å². The first-order chi connectivity index (χ1) is 5.43. The van der Waals surface area contributed by atoms with Gasteiger partial charge in [-0.15, -0.1) is 0 Å².